The summed E-state index contributed by atoms with van der Waals surface area (Å²) in [4.78, 5) is 22.8. The molecule has 5 nitrogen and oxygen atoms in total. The molecule has 106 valence electrons. The summed E-state index contributed by atoms with van der Waals surface area (Å²) in [5, 5.41) is 12.3. The lowest BCUT2D eigenvalue weighted by molar-refractivity contribution is 0.476. The van der Waals surface area contributed by atoms with Gasteiger partial charge >= 0.3 is 0 Å². The van der Waals surface area contributed by atoms with Crippen molar-refractivity contribution >= 4 is 21.7 Å². The molecule has 0 atom stereocenters. The summed E-state index contributed by atoms with van der Waals surface area (Å²) in [6.45, 7) is 0. The second-order valence-electron chi connectivity index (χ2n) is 5.03. The Labute approximate surface area is 124 Å². The molecule has 0 saturated carbocycles. The van der Waals surface area contributed by atoms with Crippen molar-refractivity contribution in [3.8, 4) is 17.0 Å². The first-order valence-corrected chi connectivity index (χ1v) is 6.78. The van der Waals surface area contributed by atoms with E-state index in [1.165, 1.54) is 12.5 Å². The van der Waals surface area contributed by atoms with E-state index < -0.39 is 0 Å². The minimum atomic E-state index is -0.218. The van der Waals surface area contributed by atoms with E-state index in [9.17, 15) is 9.90 Å². The van der Waals surface area contributed by atoms with E-state index in [4.69, 9.17) is 0 Å². The second-order valence-corrected chi connectivity index (χ2v) is 5.03. The van der Waals surface area contributed by atoms with Crippen molar-refractivity contribution in [3.63, 3.8) is 0 Å². The molecule has 0 spiro atoms. The quantitative estimate of drug-likeness (QED) is 0.564. The molecular weight excluding hydrogens is 278 g/mol. The third-order valence-electron chi connectivity index (χ3n) is 3.65. The number of hydrogen-bond donors (Lipinski definition) is 2. The van der Waals surface area contributed by atoms with E-state index >= 15 is 0 Å². The molecule has 0 amide bonds. The number of benzene rings is 2. The minimum absolute atomic E-state index is 0.175. The highest BCUT2D eigenvalue weighted by molar-refractivity contribution is 5.98. The van der Waals surface area contributed by atoms with Gasteiger partial charge in [0.1, 0.15) is 5.75 Å². The van der Waals surface area contributed by atoms with Crippen molar-refractivity contribution in [2.75, 3.05) is 0 Å². The first-order chi connectivity index (χ1) is 10.7. The van der Waals surface area contributed by atoms with Crippen molar-refractivity contribution in [2.45, 2.75) is 0 Å². The smallest absolute Gasteiger partial charge is 0.260 e. The summed E-state index contributed by atoms with van der Waals surface area (Å²) in [5.74, 6) is 0.175. The third-order valence-corrected chi connectivity index (χ3v) is 3.65. The van der Waals surface area contributed by atoms with E-state index in [1.807, 2.05) is 24.3 Å². The molecule has 22 heavy (non-hydrogen) atoms. The van der Waals surface area contributed by atoms with Gasteiger partial charge in [-0.05, 0) is 29.0 Å². The first-order valence-electron chi connectivity index (χ1n) is 6.78. The number of nitrogens with one attached hydrogen (secondary N) is 1. The van der Waals surface area contributed by atoms with Crippen LogP contribution in [0.3, 0.4) is 0 Å². The SMILES string of the molecule is O=c1[nH]cnc2cc(-c3cc(O)cc4ccccc34)ncc12. The molecule has 4 rings (SSSR count). The lowest BCUT2D eigenvalue weighted by atomic mass is 10.0. The van der Waals surface area contributed by atoms with Crippen molar-refractivity contribution in [3.05, 3.63) is 65.3 Å². The number of phenolic OH excluding ortho intramolecular Hbond substituents is 1. The maximum Gasteiger partial charge on any atom is 0.260 e. The van der Waals surface area contributed by atoms with E-state index in [1.54, 1.807) is 18.2 Å². The van der Waals surface area contributed by atoms with Crippen LogP contribution < -0.4 is 5.56 Å². The van der Waals surface area contributed by atoms with Crippen LogP contribution in [0, 0.1) is 0 Å². The molecule has 0 aliphatic heterocycles. The summed E-state index contributed by atoms with van der Waals surface area (Å²) in [6, 6.07) is 12.9. The Kier molecular flexibility index (Phi) is 2.66. The largest absolute Gasteiger partial charge is 0.508 e. The van der Waals surface area contributed by atoms with E-state index in [-0.39, 0.29) is 11.3 Å². The molecule has 4 aromatic rings. The Bertz CT molecular complexity index is 1070. The van der Waals surface area contributed by atoms with Gasteiger partial charge in [-0.3, -0.25) is 9.78 Å². The molecule has 0 fully saturated rings. The van der Waals surface area contributed by atoms with Crippen LogP contribution in [0.2, 0.25) is 0 Å². The zero-order valence-electron chi connectivity index (χ0n) is 11.4. The lowest BCUT2D eigenvalue weighted by Crippen LogP contribution is -2.06. The molecule has 2 N–H and O–H groups in total. The Morgan fingerprint density at radius 1 is 1.00 bits per heavy atom. The van der Waals surface area contributed by atoms with Gasteiger partial charge in [-0.1, -0.05) is 24.3 Å². The van der Waals surface area contributed by atoms with Gasteiger partial charge in [0.15, 0.2) is 0 Å². The fourth-order valence-electron chi connectivity index (χ4n) is 2.62. The molecule has 2 aromatic carbocycles. The maximum absolute atomic E-state index is 11.7. The molecule has 2 heterocycles. The van der Waals surface area contributed by atoms with Crippen molar-refractivity contribution in [2.24, 2.45) is 0 Å². The highest BCUT2D eigenvalue weighted by Gasteiger charge is 2.09. The molecule has 0 saturated heterocycles. The fraction of sp³-hybridized carbons (Fsp3) is 0. The predicted molar refractivity (Wildman–Crippen MR) is 84.8 cm³/mol. The number of hydrogen-bond acceptors (Lipinski definition) is 4. The van der Waals surface area contributed by atoms with Gasteiger partial charge in [0.2, 0.25) is 0 Å². The summed E-state index contributed by atoms with van der Waals surface area (Å²) in [7, 11) is 0. The molecule has 0 bridgehead atoms. The number of aromatic amines is 1. The predicted octanol–water partition coefficient (Wildman–Crippen LogP) is 2.84. The van der Waals surface area contributed by atoms with Gasteiger partial charge in [0, 0.05) is 11.8 Å². The van der Waals surface area contributed by atoms with Crippen LogP contribution in [0.15, 0.2) is 59.8 Å². The van der Waals surface area contributed by atoms with Gasteiger partial charge in [0.05, 0.1) is 22.9 Å². The maximum atomic E-state index is 11.7. The van der Waals surface area contributed by atoms with Gasteiger partial charge < -0.3 is 10.1 Å². The van der Waals surface area contributed by atoms with E-state index in [2.05, 4.69) is 15.0 Å². The minimum Gasteiger partial charge on any atom is -0.508 e. The standard InChI is InChI=1S/C17H11N3O2/c21-11-5-10-3-1-2-4-12(10)13(6-11)15-7-16-14(8-18-15)17(22)20-9-19-16/h1-9,21H,(H,19,20,22). The summed E-state index contributed by atoms with van der Waals surface area (Å²) in [6.07, 6.45) is 2.88. The molecule has 0 aliphatic carbocycles. The van der Waals surface area contributed by atoms with Crippen molar-refractivity contribution in [1.82, 2.24) is 15.0 Å². The average molecular weight is 289 g/mol. The zero-order valence-corrected chi connectivity index (χ0v) is 11.4. The number of nitrogens with zero attached hydrogens (tertiary/aromatic N) is 2. The average Bonchev–Trinajstić information content (AvgIpc) is 2.54. The number of aromatic nitrogens is 3. The van der Waals surface area contributed by atoms with Crippen LogP contribution in [0.5, 0.6) is 5.75 Å². The normalized spacial score (nSPS) is 11.1. The van der Waals surface area contributed by atoms with E-state index in [0.717, 1.165) is 16.3 Å². The Hall–Kier alpha value is -3.21. The molecule has 2 aromatic heterocycles. The molecule has 0 radical (unpaired) electrons. The van der Waals surface area contributed by atoms with Crippen LogP contribution >= 0.6 is 0 Å². The number of rotatable bonds is 1. The molecule has 0 unspecified atom stereocenters. The monoisotopic (exact) mass is 289 g/mol. The van der Waals surface area contributed by atoms with Crippen LogP contribution in [-0.2, 0) is 0 Å². The highest BCUT2D eigenvalue weighted by atomic mass is 16.3. The Morgan fingerprint density at radius 3 is 2.77 bits per heavy atom. The topological polar surface area (TPSA) is 78.9 Å². The number of H-pyrrole nitrogens is 1. The lowest BCUT2D eigenvalue weighted by Gasteiger charge is -2.08. The van der Waals surface area contributed by atoms with Crippen LogP contribution in [0.25, 0.3) is 32.9 Å². The van der Waals surface area contributed by atoms with Crippen LogP contribution in [0.4, 0.5) is 0 Å². The zero-order chi connectivity index (χ0) is 15.1. The summed E-state index contributed by atoms with van der Waals surface area (Å²) >= 11 is 0. The molecule has 5 heteroatoms. The van der Waals surface area contributed by atoms with Gasteiger partial charge in [-0.2, -0.15) is 0 Å². The van der Waals surface area contributed by atoms with Crippen LogP contribution in [-0.4, -0.2) is 20.1 Å². The number of phenols is 1. The number of fused-ring (bicyclic) bond motifs is 2. The number of aromatic hydroxyl groups is 1. The second kappa shape index (κ2) is 4.66. The van der Waals surface area contributed by atoms with Gasteiger partial charge in [0.25, 0.3) is 5.56 Å². The Balaban J connectivity index is 2.05. The summed E-state index contributed by atoms with van der Waals surface area (Å²) < 4.78 is 0. The first kappa shape index (κ1) is 12.5. The van der Waals surface area contributed by atoms with Crippen molar-refractivity contribution < 1.29 is 5.11 Å². The van der Waals surface area contributed by atoms with E-state index in [0.29, 0.717) is 16.6 Å². The third kappa shape index (κ3) is 1.91. The molecular formula is C17H11N3O2. The fourth-order valence-corrected chi connectivity index (χ4v) is 2.62. The van der Waals surface area contributed by atoms with Gasteiger partial charge in [-0.25, -0.2) is 4.98 Å². The summed E-state index contributed by atoms with van der Waals surface area (Å²) in [5.41, 5.74) is 1.82. The van der Waals surface area contributed by atoms with Gasteiger partial charge in [-0.15, -0.1) is 0 Å². The van der Waals surface area contributed by atoms with Crippen molar-refractivity contribution in [1.29, 1.82) is 0 Å². The highest BCUT2D eigenvalue weighted by Crippen LogP contribution is 2.32. The number of pyridine rings is 1. The Morgan fingerprint density at radius 2 is 1.86 bits per heavy atom. The van der Waals surface area contributed by atoms with Crippen LogP contribution in [0.1, 0.15) is 0 Å². The molecule has 0 aliphatic rings.